The maximum absolute atomic E-state index is 8.98. The number of rotatable bonds is 5. The van der Waals surface area contributed by atoms with Crippen LogP contribution in [0.1, 0.15) is 32.6 Å². The van der Waals surface area contributed by atoms with Gasteiger partial charge in [0.05, 0.1) is 0 Å². The zero-order valence-corrected chi connectivity index (χ0v) is 9.78. The van der Waals surface area contributed by atoms with Crippen molar-refractivity contribution in [1.29, 1.82) is 0 Å². The molecular formula is C12H24N2O. The first kappa shape index (κ1) is 11.4. The Morgan fingerprint density at radius 2 is 2.20 bits per heavy atom. The molecule has 2 saturated heterocycles. The Kier molecular flexibility index (Phi) is 4.00. The zero-order valence-electron chi connectivity index (χ0n) is 9.78. The molecule has 88 valence electrons. The highest BCUT2D eigenvalue weighted by molar-refractivity contribution is 4.91. The van der Waals surface area contributed by atoms with Crippen molar-refractivity contribution in [2.24, 2.45) is 5.92 Å². The van der Waals surface area contributed by atoms with Crippen LogP contribution in [0.5, 0.6) is 0 Å². The first-order valence-electron chi connectivity index (χ1n) is 6.42. The second kappa shape index (κ2) is 5.28. The number of nitrogens with one attached hydrogen (secondary N) is 1. The lowest BCUT2D eigenvalue weighted by Gasteiger charge is -2.33. The largest absolute Gasteiger partial charge is 0.396 e. The van der Waals surface area contributed by atoms with Gasteiger partial charge in [-0.05, 0) is 44.7 Å². The van der Waals surface area contributed by atoms with E-state index in [4.69, 9.17) is 5.11 Å². The average Bonchev–Trinajstić information content (AvgIpc) is 2.64. The third kappa shape index (κ3) is 2.71. The lowest BCUT2D eigenvalue weighted by atomic mass is 9.93. The van der Waals surface area contributed by atoms with Crippen molar-refractivity contribution >= 4 is 0 Å². The lowest BCUT2D eigenvalue weighted by Crippen LogP contribution is -2.48. The summed E-state index contributed by atoms with van der Waals surface area (Å²) >= 11 is 0. The molecule has 0 spiro atoms. The van der Waals surface area contributed by atoms with Gasteiger partial charge in [0.1, 0.15) is 0 Å². The summed E-state index contributed by atoms with van der Waals surface area (Å²) in [7, 11) is 0. The Morgan fingerprint density at radius 3 is 2.93 bits per heavy atom. The number of aliphatic hydroxyl groups excluding tert-OH is 1. The Balaban J connectivity index is 1.82. The van der Waals surface area contributed by atoms with E-state index in [0.717, 1.165) is 18.8 Å². The number of fused-ring (bicyclic) bond motifs is 2. The van der Waals surface area contributed by atoms with Crippen LogP contribution in [-0.4, -0.2) is 48.3 Å². The normalized spacial score (nSPS) is 36.8. The van der Waals surface area contributed by atoms with Gasteiger partial charge in [0, 0.05) is 25.2 Å². The number of aliphatic hydroxyl groups is 1. The molecule has 0 aromatic heterocycles. The molecule has 2 rings (SSSR count). The standard InChI is InChI=1S/C12H24N2O/c1-2-11(5-8-15)13-12-4-7-14-6-3-10(12)9-14/h10-13,15H,2-9H2,1H3. The molecule has 0 amide bonds. The maximum atomic E-state index is 8.98. The van der Waals surface area contributed by atoms with Crippen LogP contribution >= 0.6 is 0 Å². The smallest absolute Gasteiger partial charge is 0.0445 e. The SMILES string of the molecule is CCC(CCO)NC1CCN2CCC1C2. The quantitative estimate of drug-likeness (QED) is 0.708. The molecule has 2 bridgehead atoms. The highest BCUT2D eigenvalue weighted by Gasteiger charge is 2.34. The third-order valence-corrected chi connectivity index (χ3v) is 4.05. The summed E-state index contributed by atoms with van der Waals surface area (Å²) in [6.07, 6.45) is 4.71. The first-order chi connectivity index (χ1) is 7.33. The van der Waals surface area contributed by atoms with Gasteiger partial charge in [-0.25, -0.2) is 0 Å². The Hall–Kier alpha value is -0.120. The summed E-state index contributed by atoms with van der Waals surface area (Å²) in [5.74, 6) is 0.867. The summed E-state index contributed by atoms with van der Waals surface area (Å²) in [5.41, 5.74) is 0. The van der Waals surface area contributed by atoms with Gasteiger partial charge in [-0.2, -0.15) is 0 Å². The van der Waals surface area contributed by atoms with Gasteiger partial charge in [-0.15, -0.1) is 0 Å². The Labute approximate surface area is 92.8 Å². The molecule has 0 aromatic rings. The van der Waals surface area contributed by atoms with Gasteiger partial charge in [-0.1, -0.05) is 6.92 Å². The fraction of sp³-hybridized carbons (Fsp3) is 1.00. The maximum Gasteiger partial charge on any atom is 0.0445 e. The van der Waals surface area contributed by atoms with Crippen LogP contribution < -0.4 is 5.32 Å². The van der Waals surface area contributed by atoms with Gasteiger partial charge < -0.3 is 15.3 Å². The molecule has 4 unspecified atom stereocenters. The van der Waals surface area contributed by atoms with Gasteiger partial charge in [0.2, 0.25) is 0 Å². The molecule has 4 atom stereocenters. The van der Waals surface area contributed by atoms with Crippen molar-refractivity contribution < 1.29 is 5.11 Å². The van der Waals surface area contributed by atoms with Crippen LogP contribution in [0.4, 0.5) is 0 Å². The molecule has 3 heteroatoms. The molecule has 0 aromatic carbocycles. The summed E-state index contributed by atoms with van der Waals surface area (Å²) in [6, 6.07) is 1.23. The average molecular weight is 212 g/mol. The molecule has 0 saturated carbocycles. The topological polar surface area (TPSA) is 35.5 Å². The predicted octanol–water partition coefficient (Wildman–Crippen LogP) is 0.831. The van der Waals surface area contributed by atoms with Crippen molar-refractivity contribution in [3.05, 3.63) is 0 Å². The van der Waals surface area contributed by atoms with Crippen molar-refractivity contribution in [3.63, 3.8) is 0 Å². The highest BCUT2D eigenvalue weighted by Crippen LogP contribution is 2.27. The molecule has 15 heavy (non-hydrogen) atoms. The summed E-state index contributed by atoms with van der Waals surface area (Å²) in [6.45, 7) is 6.39. The summed E-state index contributed by atoms with van der Waals surface area (Å²) < 4.78 is 0. The molecule has 0 aliphatic carbocycles. The number of nitrogens with zero attached hydrogens (tertiary/aromatic N) is 1. The zero-order chi connectivity index (χ0) is 10.7. The van der Waals surface area contributed by atoms with Crippen molar-refractivity contribution in [2.75, 3.05) is 26.2 Å². The van der Waals surface area contributed by atoms with E-state index >= 15 is 0 Å². The van der Waals surface area contributed by atoms with Gasteiger partial charge in [-0.3, -0.25) is 0 Å². The Bertz CT molecular complexity index is 198. The van der Waals surface area contributed by atoms with E-state index in [2.05, 4.69) is 17.1 Å². The molecule has 2 heterocycles. The number of hydrogen-bond acceptors (Lipinski definition) is 3. The minimum Gasteiger partial charge on any atom is -0.396 e. The fourth-order valence-electron chi connectivity index (χ4n) is 3.03. The molecule has 2 N–H and O–H groups in total. The lowest BCUT2D eigenvalue weighted by molar-refractivity contribution is 0.194. The monoisotopic (exact) mass is 212 g/mol. The van der Waals surface area contributed by atoms with E-state index in [9.17, 15) is 0 Å². The second-order valence-electron chi connectivity index (χ2n) is 5.03. The highest BCUT2D eigenvalue weighted by atomic mass is 16.3. The fourth-order valence-corrected chi connectivity index (χ4v) is 3.03. The third-order valence-electron chi connectivity index (χ3n) is 4.05. The van der Waals surface area contributed by atoms with E-state index in [1.807, 2.05) is 0 Å². The Morgan fingerprint density at radius 1 is 1.40 bits per heavy atom. The first-order valence-corrected chi connectivity index (χ1v) is 6.42. The van der Waals surface area contributed by atoms with Gasteiger partial charge in [0.15, 0.2) is 0 Å². The van der Waals surface area contributed by atoms with Crippen molar-refractivity contribution in [2.45, 2.75) is 44.7 Å². The van der Waals surface area contributed by atoms with Crippen LogP contribution in [0.15, 0.2) is 0 Å². The summed E-state index contributed by atoms with van der Waals surface area (Å²) in [4.78, 5) is 2.58. The van der Waals surface area contributed by atoms with Crippen LogP contribution in [0.25, 0.3) is 0 Å². The minimum atomic E-state index is 0.315. The van der Waals surface area contributed by atoms with E-state index < -0.39 is 0 Å². The molecule has 3 nitrogen and oxygen atoms in total. The predicted molar refractivity (Wildman–Crippen MR) is 61.9 cm³/mol. The molecule has 2 fully saturated rings. The van der Waals surface area contributed by atoms with Crippen molar-refractivity contribution in [1.82, 2.24) is 10.2 Å². The summed E-state index contributed by atoms with van der Waals surface area (Å²) in [5, 5.41) is 12.7. The number of piperidine rings is 1. The van der Waals surface area contributed by atoms with Crippen LogP contribution in [0.3, 0.4) is 0 Å². The van der Waals surface area contributed by atoms with E-state index in [1.54, 1.807) is 0 Å². The van der Waals surface area contributed by atoms with E-state index in [0.29, 0.717) is 18.7 Å². The molecule has 2 aliphatic heterocycles. The van der Waals surface area contributed by atoms with Gasteiger partial charge >= 0.3 is 0 Å². The van der Waals surface area contributed by atoms with E-state index in [1.165, 1.54) is 32.5 Å². The molecular weight excluding hydrogens is 188 g/mol. The second-order valence-corrected chi connectivity index (χ2v) is 5.03. The van der Waals surface area contributed by atoms with E-state index in [-0.39, 0.29) is 0 Å². The van der Waals surface area contributed by atoms with Crippen LogP contribution in [-0.2, 0) is 0 Å². The van der Waals surface area contributed by atoms with Gasteiger partial charge in [0.25, 0.3) is 0 Å². The van der Waals surface area contributed by atoms with Crippen LogP contribution in [0.2, 0.25) is 0 Å². The minimum absolute atomic E-state index is 0.315. The van der Waals surface area contributed by atoms with Crippen LogP contribution in [0, 0.1) is 5.92 Å². The molecule has 0 radical (unpaired) electrons. The number of hydrogen-bond donors (Lipinski definition) is 2. The molecule has 2 aliphatic rings. The van der Waals surface area contributed by atoms with Crippen molar-refractivity contribution in [3.8, 4) is 0 Å².